The van der Waals surface area contributed by atoms with Crippen LogP contribution in [0, 0.1) is 12.3 Å². The van der Waals surface area contributed by atoms with Gasteiger partial charge in [0, 0.05) is 13.0 Å². The van der Waals surface area contributed by atoms with Crippen molar-refractivity contribution in [2.24, 2.45) is 0 Å². The van der Waals surface area contributed by atoms with Crippen LogP contribution in [0.25, 0.3) is 0 Å². The summed E-state index contributed by atoms with van der Waals surface area (Å²) in [5.41, 5.74) is 0. The predicted octanol–water partition coefficient (Wildman–Crippen LogP) is 0.659. The zero-order valence-electron chi connectivity index (χ0n) is 8.99. The van der Waals surface area contributed by atoms with Crippen molar-refractivity contribution >= 4 is 11.9 Å². The van der Waals surface area contributed by atoms with Crippen molar-refractivity contribution in [3.8, 4) is 12.3 Å². The van der Waals surface area contributed by atoms with Gasteiger partial charge in [-0.1, -0.05) is 0 Å². The molecular formula is C9H12F3NO4. The average Bonchev–Trinajstić information content (AvgIpc) is 2.13. The Bertz CT molecular complexity index is 296. The highest BCUT2D eigenvalue weighted by Gasteiger charge is 2.38. The third-order valence-corrected chi connectivity index (χ3v) is 1.29. The molecule has 17 heavy (non-hydrogen) atoms. The molecule has 8 heteroatoms. The summed E-state index contributed by atoms with van der Waals surface area (Å²) in [4.78, 5) is 20.6. The predicted molar refractivity (Wildman–Crippen MR) is 52.3 cm³/mol. The summed E-state index contributed by atoms with van der Waals surface area (Å²) in [6.07, 6.45) is 0.501. The number of terminal acetylenes is 1. The number of hydrogen-bond acceptors (Lipinski definition) is 3. The van der Waals surface area contributed by atoms with Gasteiger partial charge in [0.25, 0.3) is 0 Å². The van der Waals surface area contributed by atoms with Crippen LogP contribution in [0.4, 0.5) is 13.2 Å². The summed E-state index contributed by atoms with van der Waals surface area (Å²) in [5, 5.41) is 15.4. The molecule has 0 radical (unpaired) electrons. The maximum absolute atomic E-state index is 10.6. The highest BCUT2D eigenvalue weighted by molar-refractivity contribution is 5.73. The average molecular weight is 255 g/mol. The molecule has 0 unspecified atom stereocenters. The first-order valence-electron chi connectivity index (χ1n) is 4.25. The Morgan fingerprint density at radius 3 is 2.00 bits per heavy atom. The molecule has 0 aromatic carbocycles. The maximum Gasteiger partial charge on any atom is 0.490 e. The van der Waals surface area contributed by atoms with E-state index in [9.17, 15) is 18.0 Å². The van der Waals surface area contributed by atoms with Crippen LogP contribution in [-0.2, 0) is 9.59 Å². The number of carboxylic acid groups (broad SMARTS) is 2. The second-order valence-corrected chi connectivity index (χ2v) is 2.89. The standard InChI is InChI=1S/C7H11NO2.C2HF3O2/c1-3-4-5-8(2)6-7(9)10;3-2(4,5)1(6)7/h1H,4-6H2,2H3,(H,9,10);(H,6,7). The molecule has 0 amide bonds. The molecular weight excluding hydrogens is 243 g/mol. The Hall–Kier alpha value is -1.75. The third-order valence-electron chi connectivity index (χ3n) is 1.29. The minimum Gasteiger partial charge on any atom is -0.480 e. The second-order valence-electron chi connectivity index (χ2n) is 2.89. The minimum atomic E-state index is -5.08. The molecule has 0 aliphatic rings. The van der Waals surface area contributed by atoms with Crippen LogP contribution in [0.1, 0.15) is 6.42 Å². The fourth-order valence-corrected chi connectivity index (χ4v) is 0.565. The number of nitrogens with zero attached hydrogens (tertiary/aromatic N) is 1. The number of halogens is 3. The maximum atomic E-state index is 10.6. The lowest BCUT2D eigenvalue weighted by molar-refractivity contribution is -0.192. The number of hydrogen-bond donors (Lipinski definition) is 2. The van der Waals surface area contributed by atoms with Gasteiger partial charge in [0.2, 0.25) is 0 Å². The van der Waals surface area contributed by atoms with Crippen molar-refractivity contribution in [1.82, 2.24) is 4.90 Å². The van der Waals surface area contributed by atoms with E-state index in [1.54, 1.807) is 11.9 Å². The van der Waals surface area contributed by atoms with Crippen LogP contribution < -0.4 is 0 Å². The molecule has 0 heterocycles. The number of carbonyl (C=O) groups is 2. The quantitative estimate of drug-likeness (QED) is 0.721. The number of carboxylic acids is 2. The van der Waals surface area contributed by atoms with Crippen LogP contribution in [0.5, 0.6) is 0 Å². The van der Waals surface area contributed by atoms with Gasteiger partial charge in [-0.15, -0.1) is 12.3 Å². The fraction of sp³-hybridized carbons (Fsp3) is 0.556. The number of rotatable bonds is 4. The van der Waals surface area contributed by atoms with E-state index in [1.807, 2.05) is 0 Å². The van der Waals surface area contributed by atoms with Crippen molar-refractivity contribution in [3.63, 3.8) is 0 Å². The Balaban J connectivity index is 0. The highest BCUT2D eigenvalue weighted by atomic mass is 19.4. The monoisotopic (exact) mass is 255 g/mol. The molecule has 0 saturated carbocycles. The van der Waals surface area contributed by atoms with Gasteiger partial charge in [-0.25, -0.2) is 4.79 Å². The molecule has 0 atom stereocenters. The van der Waals surface area contributed by atoms with E-state index in [0.717, 1.165) is 0 Å². The van der Waals surface area contributed by atoms with Crippen LogP contribution in [0.2, 0.25) is 0 Å². The van der Waals surface area contributed by atoms with Gasteiger partial charge in [0.15, 0.2) is 0 Å². The van der Waals surface area contributed by atoms with Crippen LogP contribution in [-0.4, -0.2) is 53.4 Å². The Morgan fingerprint density at radius 2 is 1.76 bits per heavy atom. The lowest BCUT2D eigenvalue weighted by Crippen LogP contribution is -2.26. The first-order valence-corrected chi connectivity index (χ1v) is 4.25. The fourth-order valence-electron chi connectivity index (χ4n) is 0.565. The van der Waals surface area contributed by atoms with Gasteiger partial charge >= 0.3 is 18.1 Å². The smallest absolute Gasteiger partial charge is 0.480 e. The molecule has 0 aromatic heterocycles. The van der Waals surface area contributed by atoms with Crippen molar-refractivity contribution in [2.75, 3.05) is 20.1 Å². The van der Waals surface area contributed by atoms with Gasteiger partial charge in [-0.3, -0.25) is 9.69 Å². The van der Waals surface area contributed by atoms with Crippen LogP contribution in [0.15, 0.2) is 0 Å². The number of likely N-dealkylation sites (N-methyl/N-ethyl adjacent to an activating group) is 1. The Labute approximate surface area is 95.8 Å². The first-order chi connectivity index (χ1) is 7.61. The van der Waals surface area contributed by atoms with Gasteiger partial charge in [-0.05, 0) is 7.05 Å². The Morgan fingerprint density at radius 1 is 1.35 bits per heavy atom. The lowest BCUT2D eigenvalue weighted by Gasteiger charge is -2.10. The summed E-state index contributed by atoms with van der Waals surface area (Å²) in [5.74, 6) is -1.14. The molecule has 0 saturated heterocycles. The molecule has 0 bridgehead atoms. The van der Waals surface area contributed by atoms with Crippen molar-refractivity contribution < 1.29 is 33.0 Å². The van der Waals surface area contributed by atoms with Crippen molar-refractivity contribution in [1.29, 1.82) is 0 Å². The highest BCUT2D eigenvalue weighted by Crippen LogP contribution is 2.13. The molecule has 0 aliphatic carbocycles. The topological polar surface area (TPSA) is 77.8 Å². The third kappa shape index (κ3) is 14.2. The molecule has 2 N–H and O–H groups in total. The van der Waals surface area contributed by atoms with Crippen molar-refractivity contribution in [2.45, 2.75) is 12.6 Å². The van der Waals surface area contributed by atoms with Crippen molar-refractivity contribution in [3.05, 3.63) is 0 Å². The number of aliphatic carboxylic acids is 2. The molecule has 0 rings (SSSR count). The minimum absolute atomic E-state index is 0.0572. The normalized spacial score (nSPS) is 10.1. The SMILES string of the molecule is C#CCCN(C)CC(=O)O.O=C(O)C(F)(F)F. The van der Waals surface area contributed by atoms with Gasteiger partial charge in [0.1, 0.15) is 0 Å². The summed E-state index contributed by atoms with van der Waals surface area (Å²) in [7, 11) is 1.73. The molecule has 0 aliphatic heterocycles. The van der Waals surface area contributed by atoms with E-state index in [1.165, 1.54) is 0 Å². The van der Waals surface area contributed by atoms with Gasteiger partial charge in [0.05, 0.1) is 6.54 Å². The first kappa shape index (κ1) is 17.6. The summed E-state index contributed by atoms with van der Waals surface area (Å²) >= 11 is 0. The molecule has 0 spiro atoms. The molecule has 5 nitrogen and oxygen atoms in total. The van der Waals surface area contributed by atoms with E-state index >= 15 is 0 Å². The lowest BCUT2D eigenvalue weighted by atomic mass is 10.4. The van der Waals surface area contributed by atoms with Crippen LogP contribution in [0.3, 0.4) is 0 Å². The van der Waals surface area contributed by atoms with E-state index < -0.39 is 18.1 Å². The second kappa shape index (κ2) is 8.41. The summed E-state index contributed by atoms with van der Waals surface area (Å²) in [6, 6.07) is 0. The van der Waals surface area contributed by atoms with Crippen LogP contribution >= 0.6 is 0 Å². The van der Waals surface area contributed by atoms with E-state index in [0.29, 0.717) is 13.0 Å². The molecule has 98 valence electrons. The zero-order valence-corrected chi connectivity index (χ0v) is 8.99. The summed E-state index contributed by atoms with van der Waals surface area (Å²) in [6.45, 7) is 0.699. The van der Waals surface area contributed by atoms with Gasteiger partial charge < -0.3 is 10.2 Å². The van der Waals surface area contributed by atoms with E-state index in [4.69, 9.17) is 21.4 Å². The summed E-state index contributed by atoms with van der Waals surface area (Å²) < 4.78 is 31.7. The Kier molecular flexibility index (Phi) is 8.72. The molecule has 0 aromatic rings. The number of alkyl halides is 3. The van der Waals surface area contributed by atoms with E-state index in [-0.39, 0.29) is 6.54 Å². The van der Waals surface area contributed by atoms with E-state index in [2.05, 4.69) is 5.92 Å². The largest absolute Gasteiger partial charge is 0.490 e. The zero-order chi connectivity index (χ0) is 14.1. The molecule has 0 fully saturated rings. The van der Waals surface area contributed by atoms with Gasteiger partial charge in [-0.2, -0.15) is 13.2 Å².